The second-order valence-corrected chi connectivity index (χ2v) is 5.10. The maximum Gasteiger partial charge on any atom is 0.323 e. The van der Waals surface area contributed by atoms with Gasteiger partial charge < -0.3 is 10.5 Å². The first kappa shape index (κ1) is 11.5. The largest absolute Gasteiger partial charge is 0.459 e. The van der Waals surface area contributed by atoms with E-state index in [1.54, 1.807) is 0 Å². The molecule has 1 fully saturated rings. The van der Waals surface area contributed by atoms with E-state index >= 15 is 0 Å². The van der Waals surface area contributed by atoms with Crippen LogP contribution in [0.4, 0.5) is 0 Å². The first-order valence-electron chi connectivity index (χ1n) is 5.38. The summed E-state index contributed by atoms with van der Waals surface area (Å²) in [6.45, 7) is 5.60. The molecule has 0 aromatic rings. The van der Waals surface area contributed by atoms with Gasteiger partial charge in [-0.3, -0.25) is 4.79 Å². The quantitative estimate of drug-likeness (QED) is 0.690. The van der Waals surface area contributed by atoms with Crippen molar-refractivity contribution in [3.05, 3.63) is 0 Å². The van der Waals surface area contributed by atoms with Gasteiger partial charge in [0.15, 0.2) is 0 Å². The van der Waals surface area contributed by atoms with Gasteiger partial charge in [-0.25, -0.2) is 0 Å². The molecule has 14 heavy (non-hydrogen) atoms. The van der Waals surface area contributed by atoms with Crippen molar-refractivity contribution in [2.75, 3.05) is 0 Å². The van der Waals surface area contributed by atoms with Gasteiger partial charge in [-0.2, -0.15) is 0 Å². The molecule has 1 saturated carbocycles. The van der Waals surface area contributed by atoms with Gasteiger partial charge in [0.1, 0.15) is 11.6 Å². The van der Waals surface area contributed by atoms with Crippen molar-refractivity contribution in [1.82, 2.24) is 0 Å². The second kappa shape index (κ2) is 4.30. The molecule has 1 rings (SSSR count). The molecule has 1 aliphatic rings. The Hall–Kier alpha value is -0.570. The van der Waals surface area contributed by atoms with Crippen molar-refractivity contribution < 1.29 is 9.53 Å². The molecular formula is C11H21NO2. The molecule has 0 saturated heterocycles. The summed E-state index contributed by atoms with van der Waals surface area (Å²) in [6, 6.07) is -0.420. The Labute approximate surface area is 86.0 Å². The van der Waals surface area contributed by atoms with Crippen LogP contribution in [0.3, 0.4) is 0 Å². The van der Waals surface area contributed by atoms with E-state index in [1.165, 1.54) is 12.8 Å². The van der Waals surface area contributed by atoms with Crippen LogP contribution in [0.25, 0.3) is 0 Å². The minimum Gasteiger partial charge on any atom is -0.459 e. The zero-order valence-corrected chi connectivity index (χ0v) is 9.38. The number of rotatable bonds is 2. The number of hydrogen-bond acceptors (Lipinski definition) is 3. The maximum atomic E-state index is 11.6. The Bertz CT molecular complexity index is 202. The van der Waals surface area contributed by atoms with Gasteiger partial charge in [-0.05, 0) is 39.5 Å². The number of esters is 1. The van der Waals surface area contributed by atoms with Crippen LogP contribution in [0, 0.1) is 5.92 Å². The van der Waals surface area contributed by atoms with Gasteiger partial charge in [0.05, 0.1) is 0 Å². The molecule has 0 bridgehead atoms. The Morgan fingerprint density at radius 2 is 1.86 bits per heavy atom. The molecule has 0 heterocycles. The Balaban J connectivity index is 2.43. The summed E-state index contributed by atoms with van der Waals surface area (Å²) in [4.78, 5) is 11.6. The predicted molar refractivity (Wildman–Crippen MR) is 55.8 cm³/mol. The van der Waals surface area contributed by atoms with Crippen molar-refractivity contribution in [2.45, 2.75) is 58.1 Å². The number of ether oxygens (including phenoxy) is 1. The van der Waals surface area contributed by atoms with Crippen LogP contribution in [0.5, 0.6) is 0 Å². The topological polar surface area (TPSA) is 52.3 Å². The number of carbonyl (C=O) groups excluding carboxylic acids is 1. The van der Waals surface area contributed by atoms with Crippen molar-refractivity contribution >= 4 is 5.97 Å². The lowest BCUT2D eigenvalue weighted by atomic mass is 9.99. The van der Waals surface area contributed by atoms with Crippen LogP contribution in [-0.4, -0.2) is 17.6 Å². The summed E-state index contributed by atoms with van der Waals surface area (Å²) in [7, 11) is 0. The summed E-state index contributed by atoms with van der Waals surface area (Å²) in [5.41, 5.74) is 5.43. The minimum atomic E-state index is -0.423. The predicted octanol–water partition coefficient (Wildman–Crippen LogP) is 1.85. The molecule has 0 amide bonds. The van der Waals surface area contributed by atoms with Crippen LogP contribution in [-0.2, 0) is 9.53 Å². The fourth-order valence-corrected chi connectivity index (χ4v) is 1.88. The molecular weight excluding hydrogens is 178 g/mol. The van der Waals surface area contributed by atoms with E-state index in [-0.39, 0.29) is 5.97 Å². The van der Waals surface area contributed by atoms with Gasteiger partial charge in [-0.15, -0.1) is 0 Å². The highest BCUT2D eigenvalue weighted by Gasteiger charge is 2.30. The summed E-state index contributed by atoms with van der Waals surface area (Å²) in [5.74, 6) is 0.0919. The Morgan fingerprint density at radius 3 is 2.29 bits per heavy atom. The first-order chi connectivity index (χ1) is 6.40. The monoisotopic (exact) mass is 199 g/mol. The average Bonchev–Trinajstić information content (AvgIpc) is 2.51. The second-order valence-electron chi connectivity index (χ2n) is 5.10. The van der Waals surface area contributed by atoms with Crippen molar-refractivity contribution in [3.63, 3.8) is 0 Å². The molecule has 0 unspecified atom stereocenters. The minimum absolute atomic E-state index is 0.246. The van der Waals surface area contributed by atoms with Gasteiger partial charge in [-0.1, -0.05) is 12.8 Å². The molecule has 1 atom stereocenters. The van der Waals surface area contributed by atoms with Gasteiger partial charge in [0.25, 0.3) is 0 Å². The average molecular weight is 199 g/mol. The molecule has 0 aliphatic heterocycles. The molecule has 2 N–H and O–H groups in total. The third-order valence-electron chi connectivity index (χ3n) is 2.59. The summed E-state index contributed by atoms with van der Waals surface area (Å²) in [5, 5.41) is 0. The van der Waals surface area contributed by atoms with Crippen LogP contribution in [0.1, 0.15) is 46.5 Å². The van der Waals surface area contributed by atoms with E-state index < -0.39 is 11.6 Å². The SMILES string of the molecule is CC(C)(C)OC(=O)[C@H](N)C1CCCC1. The number of nitrogens with two attached hydrogens (primary N) is 1. The molecule has 1 aliphatic carbocycles. The fourth-order valence-electron chi connectivity index (χ4n) is 1.88. The van der Waals surface area contributed by atoms with Crippen LogP contribution in [0.15, 0.2) is 0 Å². The Morgan fingerprint density at radius 1 is 1.36 bits per heavy atom. The zero-order valence-electron chi connectivity index (χ0n) is 9.38. The molecule has 3 nitrogen and oxygen atoms in total. The van der Waals surface area contributed by atoms with E-state index in [0.717, 1.165) is 12.8 Å². The number of hydrogen-bond donors (Lipinski definition) is 1. The van der Waals surface area contributed by atoms with Crippen LogP contribution in [0.2, 0.25) is 0 Å². The highest BCUT2D eigenvalue weighted by Crippen LogP contribution is 2.27. The molecule has 82 valence electrons. The normalized spacial score (nSPS) is 20.9. The van der Waals surface area contributed by atoms with E-state index in [1.807, 2.05) is 20.8 Å². The van der Waals surface area contributed by atoms with Crippen molar-refractivity contribution in [3.8, 4) is 0 Å². The van der Waals surface area contributed by atoms with Crippen molar-refractivity contribution in [2.24, 2.45) is 11.7 Å². The van der Waals surface area contributed by atoms with Crippen LogP contribution < -0.4 is 5.73 Å². The summed E-state index contributed by atoms with van der Waals surface area (Å²) < 4.78 is 5.25. The number of carbonyl (C=O) groups is 1. The van der Waals surface area contributed by atoms with E-state index in [4.69, 9.17) is 10.5 Å². The fraction of sp³-hybridized carbons (Fsp3) is 0.909. The van der Waals surface area contributed by atoms with Crippen LogP contribution >= 0.6 is 0 Å². The molecule has 0 aromatic carbocycles. The highest BCUT2D eigenvalue weighted by atomic mass is 16.6. The summed E-state index contributed by atoms with van der Waals surface area (Å²) >= 11 is 0. The first-order valence-corrected chi connectivity index (χ1v) is 5.38. The Kier molecular flexibility index (Phi) is 3.53. The van der Waals surface area contributed by atoms with E-state index in [2.05, 4.69) is 0 Å². The highest BCUT2D eigenvalue weighted by molar-refractivity contribution is 5.76. The molecule has 0 radical (unpaired) electrons. The maximum absolute atomic E-state index is 11.6. The zero-order chi connectivity index (χ0) is 10.8. The standard InChI is InChI=1S/C11H21NO2/c1-11(2,3)14-10(13)9(12)8-6-4-5-7-8/h8-9H,4-7,12H2,1-3H3/t9-/m1/s1. The van der Waals surface area contributed by atoms with Crippen molar-refractivity contribution in [1.29, 1.82) is 0 Å². The lowest BCUT2D eigenvalue weighted by Gasteiger charge is -2.24. The molecule has 3 heteroatoms. The van der Waals surface area contributed by atoms with Gasteiger partial charge in [0.2, 0.25) is 0 Å². The molecule has 0 aromatic heterocycles. The van der Waals surface area contributed by atoms with E-state index in [9.17, 15) is 4.79 Å². The lowest BCUT2D eigenvalue weighted by molar-refractivity contribution is -0.157. The third-order valence-corrected chi connectivity index (χ3v) is 2.59. The third kappa shape index (κ3) is 3.29. The summed E-state index contributed by atoms with van der Waals surface area (Å²) in [6.07, 6.45) is 4.53. The lowest BCUT2D eigenvalue weighted by Crippen LogP contribution is -2.41. The smallest absolute Gasteiger partial charge is 0.323 e. The van der Waals surface area contributed by atoms with Gasteiger partial charge in [0, 0.05) is 0 Å². The van der Waals surface area contributed by atoms with E-state index in [0.29, 0.717) is 5.92 Å². The molecule has 0 spiro atoms. The van der Waals surface area contributed by atoms with Gasteiger partial charge >= 0.3 is 5.97 Å².